The number of hydrogen-bond donors (Lipinski definition) is 2. The van der Waals surface area contributed by atoms with Gasteiger partial charge < -0.3 is 10.4 Å². The van der Waals surface area contributed by atoms with Gasteiger partial charge in [-0.25, -0.2) is 8.42 Å². The van der Waals surface area contributed by atoms with Crippen molar-refractivity contribution in [2.45, 2.75) is 4.90 Å². The predicted octanol–water partition coefficient (Wildman–Crippen LogP) is 0.249. The van der Waals surface area contributed by atoms with Crippen molar-refractivity contribution in [1.29, 1.82) is 0 Å². The summed E-state index contributed by atoms with van der Waals surface area (Å²) >= 11 is 0. The van der Waals surface area contributed by atoms with E-state index in [1.165, 1.54) is 26.2 Å². The number of anilines is 1. The van der Waals surface area contributed by atoms with Gasteiger partial charge in [-0.15, -0.1) is 0 Å². The summed E-state index contributed by atoms with van der Waals surface area (Å²) in [6.07, 6.45) is 0. The monoisotopic (exact) mass is 289 g/mol. The number of hydrogen-bond acceptors (Lipinski definition) is 6. The maximum absolute atomic E-state index is 12.1. The molecule has 0 aliphatic heterocycles. The van der Waals surface area contributed by atoms with Gasteiger partial charge in [-0.05, 0) is 12.1 Å². The zero-order valence-electron chi connectivity index (χ0n) is 10.5. The van der Waals surface area contributed by atoms with E-state index in [2.05, 4.69) is 5.32 Å². The van der Waals surface area contributed by atoms with Crippen molar-refractivity contribution in [2.75, 3.05) is 32.6 Å². The minimum absolute atomic E-state index is 0.0474. The Bertz CT molecular complexity index is 573. The molecule has 0 aliphatic rings. The van der Waals surface area contributed by atoms with Crippen LogP contribution in [0.15, 0.2) is 23.1 Å². The minimum atomic E-state index is -3.77. The summed E-state index contributed by atoms with van der Waals surface area (Å²) in [6.45, 7) is -0.351. The fraction of sp³-hybridized carbons (Fsp3) is 0.400. The zero-order chi connectivity index (χ0) is 14.6. The number of nitrogens with one attached hydrogen (secondary N) is 1. The van der Waals surface area contributed by atoms with Crippen LogP contribution in [-0.2, 0) is 10.0 Å². The van der Waals surface area contributed by atoms with E-state index >= 15 is 0 Å². The second kappa shape index (κ2) is 5.95. The van der Waals surface area contributed by atoms with Crippen LogP contribution in [0, 0.1) is 10.1 Å². The van der Waals surface area contributed by atoms with E-state index in [-0.39, 0.29) is 29.4 Å². The van der Waals surface area contributed by atoms with Crippen LogP contribution in [0.25, 0.3) is 0 Å². The number of aliphatic hydroxyl groups is 1. The number of nitro benzene ring substituents is 1. The maximum Gasteiger partial charge on any atom is 0.292 e. The van der Waals surface area contributed by atoms with Crippen LogP contribution in [0.1, 0.15) is 0 Å². The summed E-state index contributed by atoms with van der Waals surface area (Å²) in [7, 11) is -0.972. The van der Waals surface area contributed by atoms with Crippen molar-refractivity contribution in [1.82, 2.24) is 4.31 Å². The van der Waals surface area contributed by atoms with E-state index in [0.29, 0.717) is 0 Å². The van der Waals surface area contributed by atoms with Gasteiger partial charge >= 0.3 is 0 Å². The summed E-state index contributed by atoms with van der Waals surface area (Å²) in [4.78, 5) is 10.1. The molecule has 0 saturated carbocycles. The summed E-state index contributed by atoms with van der Waals surface area (Å²) in [5.74, 6) is 0. The van der Waals surface area contributed by atoms with Crippen LogP contribution in [0.5, 0.6) is 0 Å². The highest BCUT2D eigenvalue weighted by atomic mass is 32.2. The summed E-state index contributed by atoms with van der Waals surface area (Å²) in [6, 6.07) is 3.50. The first-order valence-electron chi connectivity index (χ1n) is 5.38. The fourth-order valence-corrected chi connectivity index (χ4v) is 2.66. The van der Waals surface area contributed by atoms with Crippen LogP contribution in [0.4, 0.5) is 11.4 Å². The lowest BCUT2D eigenvalue weighted by molar-refractivity contribution is -0.384. The molecule has 19 heavy (non-hydrogen) atoms. The largest absolute Gasteiger partial charge is 0.395 e. The lowest BCUT2D eigenvalue weighted by Crippen LogP contribution is -2.29. The van der Waals surface area contributed by atoms with E-state index in [1.54, 1.807) is 0 Å². The topological polar surface area (TPSA) is 113 Å². The molecule has 0 saturated heterocycles. The number of nitrogens with zero attached hydrogens (tertiary/aromatic N) is 2. The average molecular weight is 289 g/mol. The van der Waals surface area contributed by atoms with E-state index in [1.807, 2.05) is 0 Å². The molecule has 1 rings (SSSR count). The number of sulfonamides is 1. The fourth-order valence-electron chi connectivity index (χ4n) is 1.48. The quantitative estimate of drug-likeness (QED) is 0.573. The lowest BCUT2D eigenvalue weighted by atomic mass is 10.3. The Morgan fingerprint density at radius 3 is 2.58 bits per heavy atom. The highest BCUT2D eigenvalue weighted by molar-refractivity contribution is 7.89. The molecule has 0 radical (unpaired) electrons. The van der Waals surface area contributed by atoms with Gasteiger partial charge in [0.15, 0.2) is 0 Å². The van der Waals surface area contributed by atoms with Crippen LogP contribution >= 0.6 is 0 Å². The number of benzene rings is 1. The SMILES string of the molecule is CNc1cc(S(=O)(=O)N(C)CCO)ccc1[N+](=O)[O-]. The first-order chi connectivity index (χ1) is 8.84. The molecular formula is C10H15N3O5S. The van der Waals surface area contributed by atoms with Gasteiger partial charge in [-0.3, -0.25) is 10.1 Å². The molecule has 0 bridgehead atoms. The second-order valence-corrected chi connectivity index (χ2v) is 5.78. The molecule has 8 nitrogen and oxygen atoms in total. The Labute approximate surface area is 110 Å². The number of likely N-dealkylation sites (N-methyl/N-ethyl adjacent to an activating group) is 1. The molecule has 0 spiro atoms. The molecule has 0 aromatic heterocycles. The third kappa shape index (κ3) is 3.19. The van der Waals surface area contributed by atoms with Crippen LogP contribution in [-0.4, -0.2) is 50.0 Å². The van der Waals surface area contributed by atoms with Gasteiger partial charge in [0, 0.05) is 26.7 Å². The van der Waals surface area contributed by atoms with E-state index in [9.17, 15) is 18.5 Å². The highest BCUT2D eigenvalue weighted by Gasteiger charge is 2.23. The van der Waals surface area contributed by atoms with Crippen molar-refractivity contribution in [3.05, 3.63) is 28.3 Å². The van der Waals surface area contributed by atoms with Crippen LogP contribution in [0.2, 0.25) is 0 Å². The molecule has 9 heteroatoms. The number of nitro groups is 1. The van der Waals surface area contributed by atoms with Crippen LogP contribution < -0.4 is 5.32 Å². The first-order valence-corrected chi connectivity index (χ1v) is 6.82. The zero-order valence-corrected chi connectivity index (χ0v) is 11.3. The molecule has 0 unspecified atom stereocenters. The Balaban J connectivity index is 3.26. The molecule has 2 N–H and O–H groups in total. The van der Waals surface area contributed by atoms with Crippen molar-refractivity contribution < 1.29 is 18.4 Å². The molecule has 106 valence electrons. The van der Waals surface area contributed by atoms with Crippen molar-refractivity contribution in [3.8, 4) is 0 Å². The molecule has 0 amide bonds. The van der Waals surface area contributed by atoms with E-state index in [4.69, 9.17) is 5.11 Å². The molecule has 0 aliphatic carbocycles. The van der Waals surface area contributed by atoms with Gasteiger partial charge in [-0.1, -0.05) is 0 Å². The van der Waals surface area contributed by atoms with Gasteiger partial charge in [-0.2, -0.15) is 4.31 Å². The van der Waals surface area contributed by atoms with E-state index < -0.39 is 14.9 Å². The Morgan fingerprint density at radius 2 is 2.11 bits per heavy atom. The highest BCUT2D eigenvalue weighted by Crippen LogP contribution is 2.27. The lowest BCUT2D eigenvalue weighted by Gasteiger charge is -2.16. The van der Waals surface area contributed by atoms with Gasteiger partial charge in [0.1, 0.15) is 5.69 Å². The second-order valence-electron chi connectivity index (χ2n) is 3.74. The van der Waals surface area contributed by atoms with Gasteiger partial charge in [0.05, 0.1) is 16.4 Å². The molecule has 1 aromatic rings. The Hall–Kier alpha value is -1.71. The third-order valence-corrected chi connectivity index (χ3v) is 4.41. The average Bonchev–Trinajstić information content (AvgIpc) is 2.37. The summed E-state index contributed by atoms with van der Waals surface area (Å²) in [5.41, 5.74) is -0.0882. The van der Waals surface area contributed by atoms with Crippen LogP contribution in [0.3, 0.4) is 0 Å². The normalized spacial score (nSPS) is 11.6. The van der Waals surface area contributed by atoms with Gasteiger partial charge in [0.25, 0.3) is 5.69 Å². The summed E-state index contributed by atoms with van der Waals surface area (Å²) < 4.78 is 25.2. The standard InChI is InChI=1S/C10H15N3O5S/c1-11-9-7-8(3-4-10(9)13(15)16)19(17,18)12(2)5-6-14/h3-4,7,11,14H,5-6H2,1-2H3. The third-order valence-electron chi connectivity index (χ3n) is 2.56. The molecule has 0 heterocycles. The van der Waals surface area contributed by atoms with Crippen molar-refractivity contribution in [2.24, 2.45) is 0 Å². The maximum atomic E-state index is 12.1. The molecule has 1 aromatic carbocycles. The predicted molar refractivity (Wildman–Crippen MR) is 69.5 cm³/mol. The number of rotatable bonds is 6. The van der Waals surface area contributed by atoms with Crippen molar-refractivity contribution >= 4 is 21.4 Å². The Morgan fingerprint density at radius 1 is 1.47 bits per heavy atom. The number of aliphatic hydroxyl groups excluding tert-OH is 1. The smallest absolute Gasteiger partial charge is 0.292 e. The Kier molecular flexibility index (Phi) is 4.81. The molecule has 0 atom stereocenters. The summed E-state index contributed by atoms with van der Waals surface area (Å²) in [5, 5.41) is 22.1. The van der Waals surface area contributed by atoms with Crippen molar-refractivity contribution in [3.63, 3.8) is 0 Å². The van der Waals surface area contributed by atoms with E-state index in [0.717, 1.165) is 10.4 Å². The van der Waals surface area contributed by atoms with Gasteiger partial charge in [0.2, 0.25) is 10.0 Å². The first kappa shape index (κ1) is 15.3. The molecular weight excluding hydrogens is 274 g/mol. The molecule has 0 fully saturated rings. The minimum Gasteiger partial charge on any atom is -0.395 e.